The van der Waals surface area contributed by atoms with Crippen molar-refractivity contribution >= 4 is 39.1 Å². The van der Waals surface area contributed by atoms with Crippen LogP contribution >= 0.6 is 11.6 Å². The molecule has 1 N–H and O–H groups in total. The van der Waals surface area contributed by atoms with Gasteiger partial charge in [0.25, 0.3) is 0 Å². The minimum Gasteiger partial charge on any atom is -0.354 e. The molecule has 2 aromatic carbocycles. The first-order valence-electron chi connectivity index (χ1n) is 12.2. The Kier molecular flexibility index (Phi) is 11.0. The Morgan fingerprint density at radius 3 is 2.32 bits per heavy atom. The van der Waals surface area contributed by atoms with Crippen molar-refractivity contribution in [3.63, 3.8) is 0 Å². The number of rotatable bonds is 12. The van der Waals surface area contributed by atoms with Crippen molar-refractivity contribution in [3.05, 3.63) is 64.2 Å². The van der Waals surface area contributed by atoms with Gasteiger partial charge >= 0.3 is 6.18 Å². The lowest BCUT2D eigenvalue weighted by molar-refractivity contribution is -0.140. The number of amides is 2. The summed E-state index contributed by atoms with van der Waals surface area (Å²) in [5, 5.41) is 2.21. The van der Waals surface area contributed by atoms with E-state index in [4.69, 9.17) is 11.6 Å². The van der Waals surface area contributed by atoms with Crippen molar-refractivity contribution in [2.45, 2.75) is 58.8 Å². The van der Waals surface area contributed by atoms with E-state index in [0.717, 1.165) is 42.4 Å². The smallest absolute Gasteiger partial charge is 0.354 e. The lowest BCUT2D eigenvalue weighted by Gasteiger charge is -2.33. The van der Waals surface area contributed by atoms with E-state index >= 15 is 0 Å². The molecule has 210 valence electrons. The Morgan fingerprint density at radius 2 is 1.76 bits per heavy atom. The maximum absolute atomic E-state index is 13.7. The highest BCUT2D eigenvalue weighted by atomic mass is 35.5. The Bertz CT molecular complexity index is 1240. The molecule has 2 amide bonds. The van der Waals surface area contributed by atoms with Gasteiger partial charge in [-0.2, -0.15) is 13.2 Å². The first-order chi connectivity index (χ1) is 17.7. The van der Waals surface area contributed by atoms with Crippen LogP contribution in [0.1, 0.15) is 49.8 Å². The zero-order valence-corrected chi connectivity index (χ0v) is 23.4. The number of halogens is 4. The number of carbonyl (C=O) groups excluding carboxylic acids is 2. The number of alkyl halides is 3. The highest BCUT2D eigenvalue weighted by Crippen LogP contribution is 2.37. The third kappa shape index (κ3) is 8.36. The number of hydrogen-bond acceptors (Lipinski definition) is 4. The number of anilines is 1. The predicted octanol–water partition coefficient (Wildman–Crippen LogP) is 5.16. The van der Waals surface area contributed by atoms with Crippen LogP contribution in [0.15, 0.2) is 42.5 Å². The molecule has 0 bridgehead atoms. The summed E-state index contributed by atoms with van der Waals surface area (Å²) in [5.41, 5.74) is 0.0154. The molecule has 0 radical (unpaired) electrons. The molecule has 0 aliphatic heterocycles. The summed E-state index contributed by atoms with van der Waals surface area (Å²) in [7, 11) is -4.20. The van der Waals surface area contributed by atoms with Gasteiger partial charge in [-0.15, -0.1) is 0 Å². The topological polar surface area (TPSA) is 86.8 Å². The molecule has 0 heterocycles. The van der Waals surface area contributed by atoms with Crippen LogP contribution < -0.4 is 9.62 Å². The number of aryl methyl sites for hydroxylation is 1. The summed E-state index contributed by atoms with van der Waals surface area (Å²) < 4.78 is 66.3. The van der Waals surface area contributed by atoms with Crippen LogP contribution in [0, 0.1) is 6.92 Å². The molecule has 0 fully saturated rings. The Hall–Kier alpha value is -2.79. The van der Waals surface area contributed by atoms with Gasteiger partial charge in [0.1, 0.15) is 12.6 Å². The van der Waals surface area contributed by atoms with Crippen LogP contribution in [-0.2, 0) is 32.3 Å². The number of unbranched alkanes of at least 4 members (excludes halogenated alkanes) is 1. The molecule has 0 aliphatic rings. The van der Waals surface area contributed by atoms with E-state index in [0.29, 0.717) is 16.9 Å². The van der Waals surface area contributed by atoms with Crippen LogP contribution in [0.2, 0.25) is 5.02 Å². The lowest BCUT2D eigenvalue weighted by atomic mass is 10.1. The third-order valence-corrected chi connectivity index (χ3v) is 7.51. The van der Waals surface area contributed by atoms with Crippen molar-refractivity contribution in [2.24, 2.45) is 0 Å². The maximum Gasteiger partial charge on any atom is 0.417 e. The van der Waals surface area contributed by atoms with Crippen LogP contribution in [-0.4, -0.2) is 50.5 Å². The standard InChI is InChI=1S/C26H33ClF3N3O4S/c1-5-7-14-31-25(35)23(6-2)32(16-19-11-9-8-10-18(19)3)24(34)17-33(38(4,36)37)20-12-13-22(27)21(15-20)26(28,29)30/h8-13,15,23H,5-7,14,16-17H2,1-4H3,(H,31,35)/t23-/m1/s1. The molecular formula is C26H33ClF3N3O4S. The average molecular weight is 576 g/mol. The Balaban J connectivity index is 2.50. The maximum atomic E-state index is 13.7. The second-order valence-electron chi connectivity index (χ2n) is 8.95. The predicted molar refractivity (Wildman–Crippen MR) is 142 cm³/mol. The van der Waals surface area contributed by atoms with E-state index in [2.05, 4.69) is 5.32 Å². The number of benzene rings is 2. The molecule has 7 nitrogen and oxygen atoms in total. The zero-order valence-electron chi connectivity index (χ0n) is 21.8. The van der Waals surface area contributed by atoms with E-state index in [1.54, 1.807) is 19.1 Å². The molecule has 0 unspecified atom stereocenters. The largest absolute Gasteiger partial charge is 0.417 e. The van der Waals surface area contributed by atoms with Gasteiger partial charge in [-0.05, 0) is 49.1 Å². The molecule has 38 heavy (non-hydrogen) atoms. The Morgan fingerprint density at radius 1 is 1.11 bits per heavy atom. The molecule has 2 aromatic rings. The highest BCUT2D eigenvalue weighted by Gasteiger charge is 2.36. The molecule has 2 rings (SSSR count). The summed E-state index contributed by atoms with van der Waals surface area (Å²) in [6.45, 7) is 5.16. The van der Waals surface area contributed by atoms with E-state index in [1.165, 1.54) is 4.90 Å². The van der Waals surface area contributed by atoms with Gasteiger partial charge in [-0.3, -0.25) is 13.9 Å². The number of nitrogens with zero attached hydrogens (tertiary/aromatic N) is 2. The molecule has 0 spiro atoms. The lowest BCUT2D eigenvalue weighted by Crippen LogP contribution is -2.52. The van der Waals surface area contributed by atoms with Crippen molar-refractivity contribution in [1.82, 2.24) is 10.2 Å². The summed E-state index contributed by atoms with van der Waals surface area (Å²) in [5.74, 6) is -1.13. The monoisotopic (exact) mass is 575 g/mol. The molecule has 0 saturated heterocycles. The molecular weight excluding hydrogens is 543 g/mol. The minimum atomic E-state index is -4.83. The summed E-state index contributed by atoms with van der Waals surface area (Å²) in [4.78, 5) is 28.0. The SMILES string of the molecule is CCCCNC(=O)[C@@H](CC)N(Cc1ccccc1C)C(=O)CN(c1ccc(Cl)c(C(F)(F)F)c1)S(C)(=O)=O. The molecule has 0 aromatic heterocycles. The fourth-order valence-electron chi connectivity index (χ4n) is 3.90. The van der Waals surface area contributed by atoms with Crippen LogP contribution in [0.5, 0.6) is 0 Å². The van der Waals surface area contributed by atoms with Gasteiger partial charge in [-0.1, -0.05) is 56.1 Å². The fourth-order valence-corrected chi connectivity index (χ4v) is 4.96. The van der Waals surface area contributed by atoms with Crippen LogP contribution in [0.4, 0.5) is 18.9 Å². The number of sulfonamides is 1. The van der Waals surface area contributed by atoms with Crippen molar-refractivity contribution in [2.75, 3.05) is 23.7 Å². The second-order valence-corrected chi connectivity index (χ2v) is 11.3. The summed E-state index contributed by atoms with van der Waals surface area (Å²) in [6.07, 6.45) is -2.20. The molecule has 0 aliphatic carbocycles. The van der Waals surface area contributed by atoms with Gasteiger partial charge in [0.15, 0.2) is 0 Å². The summed E-state index contributed by atoms with van der Waals surface area (Å²) in [6, 6.07) is 8.95. The van der Waals surface area contributed by atoms with Gasteiger partial charge < -0.3 is 10.2 Å². The first kappa shape index (κ1) is 31.4. The van der Waals surface area contributed by atoms with E-state index in [9.17, 15) is 31.2 Å². The number of hydrogen-bond donors (Lipinski definition) is 1. The third-order valence-electron chi connectivity index (χ3n) is 6.04. The highest BCUT2D eigenvalue weighted by molar-refractivity contribution is 7.92. The second kappa shape index (κ2) is 13.3. The fraction of sp³-hybridized carbons (Fsp3) is 0.462. The van der Waals surface area contributed by atoms with Crippen molar-refractivity contribution < 1.29 is 31.2 Å². The van der Waals surface area contributed by atoms with Crippen LogP contribution in [0.3, 0.4) is 0 Å². The van der Waals surface area contributed by atoms with Crippen molar-refractivity contribution in [3.8, 4) is 0 Å². The van der Waals surface area contributed by atoms with E-state index < -0.39 is 45.3 Å². The Labute approximate surface area is 227 Å². The van der Waals surface area contributed by atoms with E-state index in [-0.39, 0.29) is 24.6 Å². The van der Waals surface area contributed by atoms with Gasteiger partial charge in [0.2, 0.25) is 21.8 Å². The van der Waals surface area contributed by atoms with Crippen molar-refractivity contribution in [1.29, 1.82) is 0 Å². The minimum absolute atomic E-state index is 0.0111. The molecule has 0 saturated carbocycles. The van der Waals surface area contributed by atoms with Gasteiger partial charge in [0, 0.05) is 13.1 Å². The van der Waals surface area contributed by atoms with Gasteiger partial charge in [-0.25, -0.2) is 8.42 Å². The van der Waals surface area contributed by atoms with E-state index in [1.807, 2.05) is 26.0 Å². The normalized spacial score (nSPS) is 12.6. The van der Waals surface area contributed by atoms with Gasteiger partial charge in [0.05, 0.1) is 22.5 Å². The summed E-state index contributed by atoms with van der Waals surface area (Å²) >= 11 is 5.70. The zero-order chi connectivity index (χ0) is 28.7. The molecule has 12 heteroatoms. The number of nitrogens with one attached hydrogen (secondary N) is 1. The number of carbonyl (C=O) groups is 2. The molecule has 1 atom stereocenters. The van der Waals surface area contributed by atoms with Crippen LogP contribution in [0.25, 0.3) is 0 Å². The average Bonchev–Trinajstić information content (AvgIpc) is 2.82. The first-order valence-corrected chi connectivity index (χ1v) is 14.4. The quantitative estimate of drug-likeness (QED) is 0.354.